The number of aliphatic imine (C=N–C) groups is 1. The molecule has 3 nitrogen and oxygen atoms in total. The second-order valence-corrected chi connectivity index (χ2v) is 11.6. The molecule has 0 spiro atoms. The Kier molecular flexibility index (Phi) is 5.85. The maximum absolute atomic E-state index is 6.37. The van der Waals surface area contributed by atoms with Crippen molar-refractivity contribution in [1.82, 2.24) is 0 Å². The summed E-state index contributed by atoms with van der Waals surface area (Å²) in [6.45, 7) is 4.34. The van der Waals surface area contributed by atoms with Crippen molar-refractivity contribution in [1.29, 1.82) is 0 Å². The van der Waals surface area contributed by atoms with Gasteiger partial charge in [0.2, 0.25) is 5.90 Å². The molecule has 3 heterocycles. The molecule has 0 amide bonds. The lowest BCUT2D eigenvalue weighted by Crippen LogP contribution is -2.22. The molecule has 8 rings (SSSR count). The van der Waals surface area contributed by atoms with E-state index in [-0.39, 0.29) is 6.04 Å². The first-order chi connectivity index (χ1) is 20.6. The van der Waals surface area contributed by atoms with E-state index in [4.69, 9.17) is 9.73 Å². The summed E-state index contributed by atoms with van der Waals surface area (Å²) in [6.07, 6.45) is 2.13. The lowest BCUT2D eigenvalue weighted by Gasteiger charge is -2.21. The molecule has 3 aliphatic rings. The van der Waals surface area contributed by atoms with E-state index in [9.17, 15) is 0 Å². The Morgan fingerprint density at radius 1 is 0.738 bits per heavy atom. The quantitative estimate of drug-likeness (QED) is 0.225. The first kappa shape index (κ1) is 24.9. The summed E-state index contributed by atoms with van der Waals surface area (Å²) in [7, 11) is 0. The average Bonchev–Trinajstić information content (AvgIpc) is 3.70. The minimum atomic E-state index is -0.00650. The summed E-state index contributed by atoms with van der Waals surface area (Å²) in [4.78, 5) is 7.65. The van der Waals surface area contributed by atoms with Crippen molar-refractivity contribution in [2.45, 2.75) is 38.8 Å². The fourth-order valence-electron chi connectivity index (χ4n) is 6.91. The summed E-state index contributed by atoms with van der Waals surface area (Å²) in [5.41, 5.74) is 13.9. The van der Waals surface area contributed by atoms with E-state index in [0.29, 0.717) is 11.9 Å². The number of rotatable bonds is 4. The van der Waals surface area contributed by atoms with Gasteiger partial charge in [-0.05, 0) is 96.0 Å². The molecule has 0 N–H and O–H groups in total. The molecule has 0 radical (unpaired) electrons. The van der Waals surface area contributed by atoms with E-state index in [0.717, 1.165) is 29.7 Å². The van der Waals surface area contributed by atoms with Gasteiger partial charge in [0.15, 0.2) is 0 Å². The number of ether oxygens (including phenoxy) is 1. The number of para-hydroxylation sites is 1. The number of allylic oxidation sites excluding steroid dienone is 1. The second-order valence-electron chi connectivity index (χ2n) is 11.6. The predicted octanol–water partition coefficient (Wildman–Crippen LogP) is 9.46. The highest BCUT2D eigenvalue weighted by Crippen LogP contribution is 2.48. The standard InChI is InChI=1S/C39H32N2O/c1-25(38-34-15-9-10-16-37(34)42-39(38)40-26(2)27-11-5-3-6-12-27)29-17-19-35-31(21-29)23-33-24-32-22-30(18-20-36(32)41(33)35)28-13-7-4-8-14-28/h3-22,26,33H,23-24H2,1-2H3/b38-25+,40-39?. The molecule has 3 aliphatic heterocycles. The number of benzene rings is 5. The Morgan fingerprint density at radius 3 is 2.19 bits per heavy atom. The van der Waals surface area contributed by atoms with Gasteiger partial charge in [-0.2, -0.15) is 0 Å². The van der Waals surface area contributed by atoms with Gasteiger partial charge in [0.1, 0.15) is 5.75 Å². The lowest BCUT2D eigenvalue weighted by atomic mass is 9.94. The molecule has 2 unspecified atom stereocenters. The van der Waals surface area contributed by atoms with Gasteiger partial charge >= 0.3 is 0 Å². The van der Waals surface area contributed by atoms with Crippen LogP contribution < -0.4 is 9.64 Å². The summed E-state index contributed by atoms with van der Waals surface area (Å²) < 4.78 is 6.37. The van der Waals surface area contributed by atoms with E-state index in [1.54, 1.807) is 0 Å². The fraction of sp³-hybridized carbons (Fsp3) is 0.154. The summed E-state index contributed by atoms with van der Waals surface area (Å²) in [5.74, 6) is 1.58. The van der Waals surface area contributed by atoms with Crippen LogP contribution in [0.1, 0.15) is 47.7 Å². The van der Waals surface area contributed by atoms with Gasteiger partial charge in [0.05, 0.1) is 11.6 Å². The maximum Gasteiger partial charge on any atom is 0.223 e. The van der Waals surface area contributed by atoms with E-state index in [1.165, 1.54) is 50.3 Å². The highest BCUT2D eigenvalue weighted by Gasteiger charge is 2.37. The van der Waals surface area contributed by atoms with Crippen LogP contribution in [0.4, 0.5) is 11.4 Å². The van der Waals surface area contributed by atoms with E-state index < -0.39 is 0 Å². The van der Waals surface area contributed by atoms with Gasteiger partial charge in [-0.25, -0.2) is 4.99 Å². The van der Waals surface area contributed by atoms with Gasteiger partial charge in [0.25, 0.3) is 0 Å². The fourth-order valence-corrected chi connectivity index (χ4v) is 6.91. The minimum absolute atomic E-state index is 0.00650. The molecule has 0 aromatic heterocycles. The minimum Gasteiger partial charge on any atom is -0.438 e. The van der Waals surface area contributed by atoms with E-state index in [2.05, 4.69) is 122 Å². The summed E-state index contributed by atoms with van der Waals surface area (Å²) >= 11 is 0. The number of nitrogens with zero attached hydrogens (tertiary/aromatic N) is 2. The van der Waals surface area contributed by atoms with Crippen molar-refractivity contribution < 1.29 is 4.74 Å². The zero-order valence-electron chi connectivity index (χ0n) is 23.9. The predicted molar refractivity (Wildman–Crippen MR) is 174 cm³/mol. The Balaban J connectivity index is 1.15. The molecule has 0 aliphatic carbocycles. The molecule has 204 valence electrons. The smallest absolute Gasteiger partial charge is 0.223 e. The third kappa shape index (κ3) is 4.08. The van der Waals surface area contributed by atoms with Gasteiger partial charge in [0, 0.05) is 23.0 Å². The van der Waals surface area contributed by atoms with Crippen molar-refractivity contribution in [2.24, 2.45) is 4.99 Å². The molecular formula is C39H32N2O. The highest BCUT2D eigenvalue weighted by molar-refractivity contribution is 6.30. The second kappa shape index (κ2) is 9.88. The van der Waals surface area contributed by atoms with Crippen LogP contribution in [0.3, 0.4) is 0 Å². The van der Waals surface area contributed by atoms with Crippen LogP contribution >= 0.6 is 0 Å². The average molecular weight is 545 g/mol. The van der Waals surface area contributed by atoms with Crippen molar-refractivity contribution in [3.63, 3.8) is 0 Å². The number of anilines is 2. The van der Waals surface area contributed by atoms with Crippen molar-refractivity contribution in [3.8, 4) is 16.9 Å². The third-order valence-corrected chi connectivity index (χ3v) is 9.04. The van der Waals surface area contributed by atoms with Crippen LogP contribution in [0.5, 0.6) is 5.75 Å². The number of hydrogen-bond acceptors (Lipinski definition) is 3. The van der Waals surface area contributed by atoms with Crippen LogP contribution in [0.25, 0.3) is 22.3 Å². The Morgan fingerprint density at radius 2 is 1.40 bits per heavy atom. The normalized spacial score (nSPS) is 19.1. The molecule has 42 heavy (non-hydrogen) atoms. The summed E-state index contributed by atoms with van der Waals surface area (Å²) in [5, 5.41) is 0. The van der Waals surface area contributed by atoms with Crippen molar-refractivity contribution in [3.05, 3.63) is 149 Å². The number of fused-ring (bicyclic) bond motifs is 6. The van der Waals surface area contributed by atoms with Gasteiger partial charge in [-0.1, -0.05) is 91.0 Å². The van der Waals surface area contributed by atoms with Crippen molar-refractivity contribution >= 4 is 28.4 Å². The first-order valence-electron chi connectivity index (χ1n) is 14.9. The molecule has 0 bridgehead atoms. The van der Waals surface area contributed by atoms with Crippen LogP contribution in [-0.2, 0) is 12.8 Å². The summed E-state index contributed by atoms with van der Waals surface area (Å²) in [6, 6.07) is 43.8. The Labute approximate surface area is 247 Å². The van der Waals surface area contributed by atoms with E-state index >= 15 is 0 Å². The zero-order chi connectivity index (χ0) is 28.2. The molecular weight excluding hydrogens is 512 g/mol. The van der Waals surface area contributed by atoms with Gasteiger partial charge < -0.3 is 9.64 Å². The number of hydrogen-bond donors (Lipinski definition) is 0. The van der Waals surface area contributed by atoms with E-state index in [1.807, 2.05) is 18.2 Å². The third-order valence-electron chi connectivity index (χ3n) is 9.04. The zero-order valence-corrected chi connectivity index (χ0v) is 23.9. The maximum atomic E-state index is 6.37. The van der Waals surface area contributed by atoms with Crippen molar-refractivity contribution in [2.75, 3.05) is 4.90 Å². The van der Waals surface area contributed by atoms with Gasteiger partial charge in [-0.3, -0.25) is 0 Å². The molecule has 0 saturated carbocycles. The molecule has 5 aromatic rings. The van der Waals surface area contributed by atoms with Crippen LogP contribution in [0.15, 0.2) is 126 Å². The van der Waals surface area contributed by atoms with Gasteiger partial charge in [-0.15, -0.1) is 0 Å². The SMILES string of the molecule is C/C(=C1\C(=NC(C)c2ccccc2)Oc2ccccc21)c1ccc2c(c1)CC1Cc3cc(-c4ccccc4)ccc3N21. The first-order valence-corrected chi connectivity index (χ1v) is 14.9. The van der Waals surface area contributed by atoms with Crippen LogP contribution in [0.2, 0.25) is 0 Å². The topological polar surface area (TPSA) is 24.8 Å². The molecule has 0 fully saturated rings. The highest BCUT2D eigenvalue weighted by atomic mass is 16.5. The molecule has 5 aromatic carbocycles. The largest absolute Gasteiger partial charge is 0.438 e. The van der Waals surface area contributed by atoms with Crippen LogP contribution in [0, 0.1) is 0 Å². The Hall–Kier alpha value is -4.89. The molecule has 3 heteroatoms. The molecule has 2 atom stereocenters. The van der Waals surface area contributed by atoms with Crippen LogP contribution in [-0.4, -0.2) is 11.9 Å². The Bertz CT molecular complexity index is 1890. The molecule has 0 saturated heterocycles. The lowest BCUT2D eigenvalue weighted by molar-refractivity contribution is 0.560. The monoisotopic (exact) mass is 544 g/mol.